The molecule has 1 heterocycles. The molecule has 0 unspecified atom stereocenters. The maximum Gasteiger partial charge on any atom is 0.259 e. The summed E-state index contributed by atoms with van der Waals surface area (Å²) in [6, 6.07) is 11.6. The summed E-state index contributed by atoms with van der Waals surface area (Å²) in [6.45, 7) is 0. The Morgan fingerprint density at radius 2 is 1.95 bits per heavy atom. The Hall–Kier alpha value is -2.82. The largest absolute Gasteiger partial charge is 0.496 e. The van der Waals surface area contributed by atoms with Crippen LogP contribution in [0.3, 0.4) is 0 Å². The van der Waals surface area contributed by atoms with E-state index in [1.165, 1.54) is 0 Å². The summed E-state index contributed by atoms with van der Waals surface area (Å²) < 4.78 is 6.97. The monoisotopic (exact) mass is 281 g/mol. The fourth-order valence-electron chi connectivity index (χ4n) is 2.25. The summed E-state index contributed by atoms with van der Waals surface area (Å²) in [7, 11) is 3.36. The van der Waals surface area contributed by atoms with E-state index in [1.807, 2.05) is 36.4 Å². The van der Waals surface area contributed by atoms with Crippen LogP contribution in [0.15, 0.2) is 48.8 Å². The quantitative estimate of drug-likeness (QED) is 0.803. The van der Waals surface area contributed by atoms with Gasteiger partial charge in [0.05, 0.1) is 24.6 Å². The number of carbonyl (C=O) groups is 1. The molecule has 0 spiro atoms. The third-order valence-corrected chi connectivity index (χ3v) is 3.28. The molecular weight excluding hydrogens is 266 g/mol. The van der Waals surface area contributed by atoms with Crippen LogP contribution in [-0.4, -0.2) is 22.8 Å². The fourth-order valence-corrected chi connectivity index (χ4v) is 2.25. The van der Waals surface area contributed by atoms with Gasteiger partial charge in [0, 0.05) is 13.2 Å². The average molecular weight is 281 g/mol. The highest BCUT2D eigenvalue weighted by atomic mass is 16.5. The zero-order valence-electron chi connectivity index (χ0n) is 11.8. The highest BCUT2D eigenvalue weighted by Crippen LogP contribution is 2.26. The van der Waals surface area contributed by atoms with Gasteiger partial charge in [-0.25, -0.2) is 0 Å². The second kappa shape index (κ2) is 5.28. The number of methoxy groups -OCH3 is 1. The van der Waals surface area contributed by atoms with Crippen molar-refractivity contribution in [3.05, 3.63) is 54.4 Å². The molecule has 2 aromatic carbocycles. The number of hydrogen-bond donors (Lipinski definition) is 1. The van der Waals surface area contributed by atoms with E-state index in [-0.39, 0.29) is 5.91 Å². The summed E-state index contributed by atoms with van der Waals surface area (Å²) in [4.78, 5) is 12.4. The first-order chi connectivity index (χ1) is 10.2. The van der Waals surface area contributed by atoms with Crippen LogP contribution in [0.1, 0.15) is 10.4 Å². The SMILES string of the molecule is COc1cc2ccccc2cc1C(=O)Nc1cnn(C)c1. The lowest BCUT2D eigenvalue weighted by Crippen LogP contribution is -2.12. The lowest BCUT2D eigenvalue weighted by Gasteiger charge is -2.10. The van der Waals surface area contributed by atoms with E-state index in [0.29, 0.717) is 17.0 Å². The van der Waals surface area contributed by atoms with Gasteiger partial charge in [-0.15, -0.1) is 0 Å². The lowest BCUT2D eigenvalue weighted by molar-refractivity contribution is 0.102. The van der Waals surface area contributed by atoms with Crippen molar-refractivity contribution in [1.29, 1.82) is 0 Å². The molecule has 0 saturated carbocycles. The number of aryl methyl sites for hydroxylation is 1. The first-order valence-electron chi connectivity index (χ1n) is 6.54. The number of nitrogens with one attached hydrogen (secondary N) is 1. The van der Waals surface area contributed by atoms with Crippen LogP contribution in [0.25, 0.3) is 10.8 Å². The van der Waals surface area contributed by atoms with Crippen molar-refractivity contribution < 1.29 is 9.53 Å². The third kappa shape index (κ3) is 2.58. The van der Waals surface area contributed by atoms with Crippen LogP contribution in [0.2, 0.25) is 0 Å². The molecule has 0 fully saturated rings. The van der Waals surface area contributed by atoms with Crippen molar-refractivity contribution in [3.8, 4) is 5.75 Å². The Morgan fingerprint density at radius 1 is 1.24 bits per heavy atom. The Morgan fingerprint density at radius 3 is 2.57 bits per heavy atom. The molecule has 5 nitrogen and oxygen atoms in total. The molecule has 0 bridgehead atoms. The zero-order chi connectivity index (χ0) is 14.8. The summed E-state index contributed by atoms with van der Waals surface area (Å²) in [5, 5.41) is 8.87. The Kier molecular flexibility index (Phi) is 3.31. The third-order valence-electron chi connectivity index (χ3n) is 3.28. The second-order valence-electron chi connectivity index (χ2n) is 4.76. The van der Waals surface area contributed by atoms with Gasteiger partial charge in [0.15, 0.2) is 0 Å². The molecule has 1 N–H and O–H groups in total. The van der Waals surface area contributed by atoms with E-state index in [9.17, 15) is 4.79 Å². The van der Waals surface area contributed by atoms with Crippen LogP contribution >= 0.6 is 0 Å². The Balaban J connectivity index is 1.99. The maximum absolute atomic E-state index is 12.4. The highest BCUT2D eigenvalue weighted by Gasteiger charge is 2.14. The molecule has 21 heavy (non-hydrogen) atoms. The smallest absolute Gasteiger partial charge is 0.259 e. The van der Waals surface area contributed by atoms with Gasteiger partial charge >= 0.3 is 0 Å². The number of amides is 1. The van der Waals surface area contributed by atoms with Gasteiger partial charge in [0.25, 0.3) is 5.91 Å². The summed E-state index contributed by atoms with van der Waals surface area (Å²) in [6.07, 6.45) is 3.34. The number of ether oxygens (including phenoxy) is 1. The molecule has 106 valence electrons. The van der Waals surface area contributed by atoms with Crippen LogP contribution < -0.4 is 10.1 Å². The van der Waals surface area contributed by atoms with E-state index in [0.717, 1.165) is 10.8 Å². The molecule has 0 aliphatic carbocycles. The van der Waals surface area contributed by atoms with Crippen molar-refractivity contribution in [2.45, 2.75) is 0 Å². The molecule has 0 radical (unpaired) electrons. The van der Waals surface area contributed by atoms with Gasteiger partial charge in [-0.2, -0.15) is 5.10 Å². The van der Waals surface area contributed by atoms with Crippen molar-refractivity contribution in [2.24, 2.45) is 7.05 Å². The molecule has 0 saturated heterocycles. The Labute approximate surface area is 122 Å². The van der Waals surface area contributed by atoms with Crippen LogP contribution in [-0.2, 0) is 7.05 Å². The molecule has 1 aromatic heterocycles. The van der Waals surface area contributed by atoms with Crippen LogP contribution in [0.4, 0.5) is 5.69 Å². The second-order valence-corrected chi connectivity index (χ2v) is 4.76. The number of anilines is 1. The maximum atomic E-state index is 12.4. The highest BCUT2D eigenvalue weighted by molar-refractivity contribution is 6.08. The molecule has 3 aromatic rings. The van der Waals surface area contributed by atoms with E-state index in [1.54, 1.807) is 31.2 Å². The predicted octanol–water partition coefficient (Wildman–Crippen LogP) is 2.83. The van der Waals surface area contributed by atoms with Crippen molar-refractivity contribution in [3.63, 3.8) is 0 Å². The fraction of sp³-hybridized carbons (Fsp3) is 0.125. The standard InChI is InChI=1S/C16H15N3O2/c1-19-10-13(9-17-19)18-16(20)14-7-11-5-3-4-6-12(11)8-15(14)21-2/h3-10H,1-2H3,(H,18,20). The molecule has 0 atom stereocenters. The molecule has 0 aliphatic rings. The van der Waals surface area contributed by atoms with Gasteiger partial charge in [-0.3, -0.25) is 9.48 Å². The van der Waals surface area contributed by atoms with Gasteiger partial charge in [-0.1, -0.05) is 24.3 Å². The number of benzene rings is 2. The van der Waals surface area contributed by atoms with E-state index in [4.69, 9.17) is 4.74 Å². The van der Waals surface area contributed by atoms with E-state index >= 15 is 0 Å². The minimum absolute atomic E-state index is 0.217. The number of carbonyl (C=O) groups excluding carboxylic acids is 1. The summed E-state index contributed by atoms with van der Waals surface area (Å²) in [5.74, 6) is 0.334. The minimum atomic E-state index is -0.217. The van der Waals surface area contributed by atoms with E-state index < -0.39 is 0 Å². The first kappa shape index (κ1) is 13.2. The topological polar surface area (TPSA) is 56.1 Å². The van der Waals surface area contributed by atoms with E-state index in [2.05, 4.69) is 10.4 Å². The van der Waals surface area contributed by atoms with Crippen molar-refractivity contribution in [2.75, 3.05) is 12.4 Å². The summed E-state index contributed by atoms with van der Waals surface area (Å²) in [5.41, 5.74) is 1.15. The van der Waals surface area contributed by atoms with Gasteiger partial charge in [0.2, 0.25) is 0 Å². The molecule has 5 heteroatoms. The van der Waals surface area contributed by atoms with Gasteiger partial charge in [0.1, 0.15) is 5.75 Å². The molecule has 3 rings (SSSR count). The Bertz CT molecular complexity index is 808. The number of nitrogens with zero attached hydrogens (tertiary/aromatic N) is 2. The molecule has 0 aliphatic heterocycles. The number of hydrogen-bond acceptors (Lipinski definition) is 3. The van der Waals surface area contributed by atoms with Gasteiger partial charge in [-0.05, 0) is 22.9 Å². The lowest BCUT2D eigenvalue weighted by atomic mass is 10.1. The van der Waals surface area contributed by atoms with Crippen molar-refractivity contribution >= 4 is 22.4 Å². The first-order valence-corrected chi connectivity index (χ1v) is 6.54. The molecular formula is C16H15N3O2. The number of fused-ring (bicyclic) bond motifs is 1. The minimum Gasteiger partial charge on any atom is -0.496 e. The molecule has 1 amide bonds. The van der Waals surface area contributed by atoms with Crippen LogP contribution in [0.5, 0.6) is 5.75 Å². The normalized spacial score (nSPS) is 10.6. The predicted molar refractivity (Wildman–Crippen MR) is 81.7 cm³/mol. The summed E-state index contributed by atoms with van der Waals surface area (Å²) >= 11 is 0. The number of aromatic nitrogens is 2. The van der Waals surface area contributed by atoms with Crippen LogP contribution in [0, 0.1) is 0 Å². The number of rotatable bonds is 3. The zero-order valence-corrected chi connectivity index (χ0v) is 11.8. The van der Waals surface area contributed by atoms with Gasteiger partial charge < -0.3 is 10.1 Å². The van der Waals surface area contributed by atoms with Crippen molar-refractivity contribution in [1.82, 2.24) is 9.78 Å². The average Bonchev–Trinajstić information content (AvgIpc) is 2.90.